The molecule has 0 aromatic rings. The maximum atomic E-state index is 11.9. The first kappa shape index (κ1) is 10.1. The highest BCUT2D eigenvalue weighted by Crippen LogP contribution is 2.26. The molecule has 2 rings (SSSR count). The molecule has 0 aromatic heterocycles. The molecule has 0 bridgehead atoms. The van der Waals surface area contributed by atoms with E-state index in [9.17, 15) is 14.4 Å². The molecule has 0 aromatic carbocycles. The summed E-state index contributed by atoms with van der Waals surface area (Å²) in [5, 5.41) is 2.18. The Morgan fingerprint density at radius 2 is 1.67 bits per heavy atom. The molecule has 82 valence electrons. The highest BCUT2D eigenvalue weighted by molar-refractivity contribution is 6.02. The average molecular weight is 210 g/mol. The molecule has 2 aliphatic rings. The van der Waals surface area contributed by atoms with Crippen LogP contribution < -0.4 is 5.32 Å². The van der Waals surface area contributed by atoms with Crippen LogP contribution in [0.5, 0.6) is 0 Å². The lowest BCUT2D eigenvalue weighted by Gasteiger charge is -2.27. The van der Waals surface area contributed by atoms with Crippen molar-refractivity contribution in [1.82, 2.24) is 10.2 Å². The highest BCUT2D eigenvalue weighted by Gasteiger charge is 2.32. The topological polar surface area (TPSA) is 66.5 Å². The van der Waals surface area contributed by atoms with E-state index in [-0.39, 0.29) is 36.7 Å². The first-order valence-electron chi connectivity index (χ1n) is 5.28. The zero-order valence-corrected chi connectivity index (χ0v) is 8.49. The van der Waals surface area contributed by atoms with Gasteiger partial charge in [-0.1, -0.05) is 12.8 Å². The van der Waals surface area contributed by atoms with Crippen LogP contribution in [-0.2, 0) is 14.4 Å². The third-order valence-electron chi connectivity index (χ3n) is 2.96. The van der Waals surface area contributed by atoms with Crippen LogP contribution in [0.2, 0.25) is 0 Å². The monoisotopic (exact) mass is 210 g/mol. The second-order valence-electron chi connectivity index (χ2n) is 4.15. The summed E-state index contributed by atoms with van der Waals surface area (Å²) in [6, 6.07) is 0. The van der Waals surface area contributed by atoms with Crippen LogP contribution in [0, 0.1) is 5.92 Å². The summed E-state index contributed by atoms with van der Waals surface area (Å²) in [4.78, 5) is 35.4. The van der Waals surface area contributed by atoms with Crippen molar-refractivity contribution >= 4 is 17.7 Å². The van der Waals surface area contributed by atoms with E-state index in [0.29, 0.717) is 0 Å². The Balaban J connectivity index is 1.99. The minimum atomic E-state index is -0.377. The van der Waals surface area contributed by atoms with Crippen LogP contribution in [0.3, 0.4) is 0 Å². The lowest BCUT2D eigenvalue weighted by molar-refractivity contribution is -0.147. The van der Waals surface area contributed by atoms with E-state index in [1.54, 1.807) is 0 Å². The molecule has 0 atom stereocenters. The van der Waals surface area contributed by atoms with Gasteiger partial charge in [0.05, 0.1) is 0 Å². The summed E-state index contributed by atoms with van der Waals surface area (Å²) in [6.07, 6.45) is 3.94. The predicted molar refractivity (Wildman–Crippen MR) is 51.7 cm³/mol. The second-order valence-corrected chi connectivity index (χ2v) is 4.15. The molecule has 5 nitrogen and oxygen atoms in total. The van der Waals surface area contributed by atoms with E-state index in [1.165, 1.54) is 4.90 Å². The summed E-state index contributed by atoms with van der Waals surface area (Å²) in [5.74, 6) is -0.755. The van der Waals surface area contributed by atoms with E-state index in [1.807, 2.05) is 0 Å². The van der Waals surface area contributed by atoms with E-state index in [2.05, 4.69) is 5.32 Å². The van der Waals surface area contributed by atoms with E-state index >= 15 is 0 Å². The van der Waals surface area contributed by atoms with Crippen molar-refractivity contribution in [3.05, 3.63) is 0 Å². The fraction of sp³-hybridized carbons (Fsp3) is 0.700. The summed E-state index contributed by atoms with van der Waals surface area (Å²) in [7, 11) is 0. The molecule has 0 spiro atoms. The number of hydrogen-bond donors (Lipinski definition) is 1. The highest BCUT2D eigenvalue weighted by atomic mass is 16.2. The predicted octanol–water partition coefficient (Wildman–Crippen LogP) is -0.338. The molecule has 1 heterocycles. The van der Waals surface area contributed by atoms with Gasteiger partial charge in [0.15, 0.2) is 0 Å². The molecule has 5 heteroatoms. The van der Waals surface area contributed by atoms with Crippen molar-refractivity contribution in [1.29, 1.82) is 0 Å². The molecular weight excluding hydrogens is 196 g/mol. The third-order valence-corrected chi connectivity index (χ3v) is 2.96. The summed E-state index contributed by atoms with van der Waals surface area (Å²) in [5.41, 5.74) is 0. The molecule has 0 radical (unpaired) electrons. The van der Waals surface area contributed by atoms with Crippen molar-refractivity contribution in [3.8, 4) is 0 Å². The molecule has 0 unspecified atom stereocenters. The average Bonchev–Trinajstić information content (AvgIpc) is 2.67. The van der Waals surface area contributed by atoms with Gasteiger partial charge in [-0.2, -0.15) is 0 Å². The number of imide groups is 1. The van der Waals surface area contributed by atoms with Gasteiger partial charge >= 0.3 is 0 Å². The van der Waals surface area contributed by atoms with Gasteiger partial charge in [-0.05, 0) is 12.8 Å². The number of nitrogens with zero attached hydrogens (tertiary/aromatic N) is 1. The maximum Gasteiger partial charge on any atom is 0.246 e. The lowest BCUT2D eigenvalue weighted by atomic mass is 10.1. The van der Waals surface area contributed by atoms with Crippen LogP contribution in [-0.4, -0.2) is 35.7 Å². The van der Waals surface area contributed by atoms with Crippen LogP contribution in [0.15, 0.2) is 0 Å². The second kappa shape index (κ2) is 4.00. The Morgan fingerprint density at radius 1 is 1.13 bits per heavy atom. The van der Waals surface area contributed by atoms with Crippen molar-refractivity contribution < 1.29 is 14.4 Å². The molecule has 1 aliphatic carbocycles. The van der Waals surface area contributed by atoms with Gasteiger partial charge in [0.25, 0.3) is 0 Å². The number of piperazine rings is 1. The van der Waals surface area contributed by atoms with E-state index < -0.39 is 0 Å². The number of amides is 3. The van der Waals surface area contributed by atoms with Gasteiger partial charge in [0.1, 0.15) is 13.1 Å². The van der Waals surface area contributed by atoms with E-state index in [4.69, 9.17) is 0 Å². The minimum absolute atomic E-state index is 0.0288. The zero-order valence-electron chi connectivity index (χ0n) is 8.49. The summed E-state index contributed by atoms with van der Waals surface area (Å²) in [6.45, 7) is 0.0577. The number of rotatable bonds is 1. The van der Waals surface area contributed by atoms with Gasteiger partial charge < -0.3 is 4.90 Å². The third kappa shape index (κ3) is 2.16. The smallest absolute Gasteiger partial charge is 0.246 e. The SMILES string of the molecule is O=C1CN(C(=O)C2CCCC2)CC(=O)N1. The molecule has 15 heavy (non-hydrogen) atoms. The quantitative estimate of drug-likeness (QED) is 0.602. The van der Waals surface area contributed by atoms with Crippen molar-refractivity contribution in [2.45, 2.75) is 25.7 Å². The first-order valence-corrected chi connectivity index (χ1v) is 5.28. The molecular formula is C10H14N2O3. The van der Waals surface area contributed by atoms with Gasteiger partial charge in [-0.25, -0.2) is 0 Å². The molecule has 1 aliphatic heterocycles. The van der Waals surface area contributed by atoms with Crippen LogP contribution in [0.4, 0.5) is 0 Å². The molecule has 2 fully saturated rings. The maximum absolute atomic E-state index is 11.9. The largest absolute Gasteiger partial charge is 0.324 e. The Hall–Kier alpha value is -1.39. The molecule has 1 N–H and O–H groups in total. The fourth-order valence-electron chi connectivity index (χ4n) is 2.22. The zero-order chi connectivity index (χ0) is 10.8. The number of nitrogens with one attached hydrogen (secondary N) is 1. The van der Waals surface area contributed by atoms with Crippen LogP contribution >= 0.6 is 0 Å². The minimum Gasteiger partial charge on any atom is -0.324 e. The number of carbonyl (C=O) groups is 3. The van der Waals surface area contributed by atoms with Gasteiger partial charge in [0, 0.05) is 5.92 Å². The molecule has 1 saturated carbocycles. The van der Waals surface area contributed by atoms with Crippen LogP contribution in [0.25, 0.3) is 0 Å². The van der Waals surface area contributed by atoms with Crippen LogP contribution in [0.1, 0.15) is 25.7 Å². The Labute approximate surface area is 87.8 Å². The molecule has 3 amide bonds. The Morgan fingerprint density at radius 3 is 2.20 bits per heavy atom. The first-order chi connectivity index (χ1) is 7.16. The summed E-state index contributed by atoms with van der Waals surface area (Å²) >= 11 is 0. The molecule has 1 saturated heterocycles. The summed E-state index contributed by atoms with van der Waals surface area (Å²) < 4.78 is 0. The van der Waals surface area contributed by atoms with Gasteiger partial charge in [-0.3, -0.25) is 19.7 Å². The normalized spacial score (nSPS) is 23.1. The Bertz CT molecular complexity index is 292. The van der Waals surface area contributed by atoms with Crippen molar-refractivity contribution in [2.75, 3.05) is 13.1 Å². The fourth-order valence-corrected chi connectivity index (χ4v) is 2.22. The Kier molecular flexibility index (Phi) is 2.70. The number of carbonyl (C=O) groups excluding carboxylic acids is 3. The lowest BCUT2D eigenvalue weighted by Crippen LogP contribution is -2.54. The van der Waals surface area contributed by atoms with Gasteiger partial charge in [0.2, 0.25) is 17.7 Å². The van der Waals surface area contributed by atoms with Crippen molar-refractivity contribution in [3.63, 3.8) is 0 Å². The standard InChI is InChI=1S/C10H14N2O3/c13-8-5-12(6-9(14)11-8)10(15)7-3-1-2-4-7/h7H,1-6H2,(H,11,13,14). The van der Waals surface area contributed by atoms with E-state index in [0.717, 1.165) is 25.7 Å². The van der Waals surface area contributed by atoms with Crippen molar-refractivity contribution in [2.24, 2.45) is 5.92 Å². The van der Waals surface area contributed by atoms with Gasteiger partial charge in [-0.15, -0.1) is 0 Å². The number of hydrogen-bond acceptors (Lipinski definition) is 3.